The van der Waals surface area contributed by atoms with E-state index in [1.807, 2.05) is 25.7 Å². The zero-order chi connectivity index (χ0) is 17.1. The zero-order valence-electron chi connectivity index (χ0n) is 13.7. The highest BCUT2D eigenvalue weighted by Gasteiger charge is 2.42. The molecule has 2 unspecified atom stereocenters. The highest BCUT2D eigenvalue weighted by molar-refractivity contribution is 6.00. The fourth-order valence-electron chi connectivity index (χ4n) is 3.39. The smallest absolute Gasteiger partial charge is 0.368 e. The first-order chi connectivity index (χ1) is 10.6. The Bertz CT molecular complexity index is 654. The van der Waals surface area contributed by atoms with Crippen LogP contribution in [-0.4, -0.2) is 29.4 Å². The van der Waals surface area contributed by atoms with E-state index in [2.05, 4.69) is 6.92 Å². The molecule has 0 radical (unpaired) electrons. The molecule has 0 spiro atoms. The van der Waals surface area contributed by atoms with Crippen molar-refractivity contribution < 1.29 is 18.0 Å². The third-order valence-corrected chi connectivity index (χ3v) is 5.11. The van der Waals surface area contributed by atoms with Crippen LogP contribution in [0.15, 0.2) is 12.1 Å². The fraction of sp³-hybridized carbons (Fsp3) is 0.588. The maximum Gasteiger partial charge on any atom is 0.416 e. The van der Waals surface area contributed by atoms with Crippen LogP contribution in [0.1, 0.15) is 49.2 Å². The molecule has 6 heteroatoms. The van der Waals surface area contributed by atoms with E-state index >= 15 is 0 Å². The van der Waals surface area contributed by atoms with Crippen molar-refractivity contribution in [3.8, 4) is 0 Å². The van der Waals surface area contributed by atoms with Crippen LogP contribution >= 0.6 is 0 Å². The summed E-state index contributed by atoms with van der Waals surface area (Å²) in [5, 5.41) is 0. The number of nitrogens with zero attached hydrogens (tertiary/aromatic N) is 2. The molecule has 0 bridgehead atoms. The van der Waals surface area contributed by atoms with Crippen LogP contribution in [-0.2, 0) is 12.7 Å². The Hall–Kier alpha value is -1.72. The summed E-state index contributed by atoms with van der Waals surface area (Å²) in [6.45, 7) is 8.46. The number of alkyl halides is 3. The van der Waals surface area contributed by atoms with Crippen molar-refractivity contribution in [1.29, 1.82) is 0 Å². The zero-order valence-corrected chi connectivity index (χ0v) is 13.7. The Labute approximate surface area is 134 Å². The molecule has 0 N–H and O–H groups in total. The monoisotopic (exact) mass is 326 g/mol. The molecular formula is C17H21F3N2O. The molecule has 1 amide bonds. The number of fused-ring (bicyclic) bond motifs is 1. The van der Waals surface area contributed by atoms with Gasteiger partial charge in [0.15, 0.2) is 0 Å². The van der Waals surface area contributed by atoms with E-state index in [0.717, 1.165) is 6.54 Å². The quantitative estimate of drug-likeness (QED) is 0.822. The molecule has 2 aliphatic rings. The lowest BCUT2D eigenvalue weighted by molar-refractivity contribution is -0.138. The summed E-state index contributed by atoms with van der Waals surface area (Å²) in [7, 11) is 0. The van der Waals surface area contributed by atoms with Crippen molar-refractivity contribution in [2.45, 2.75) is 52.5 Å². The Morgan fingerprint density at radius 3 is 2.35 bits per heavy atom. The van der Waals surface area contributed by atoms with Gasteiger partial charge in [-0.25, -0.2) is 0 Å². The average molecular weight is 326 g/mol. The topological polar surface area (TPSA) is 23.6 Å². The molecule has 2 aliphatic heterocycles. The molecule has 2 heterocycles. The number of benzene rings is 1. The number of amides is 1. The third-order valence-electron chi connectivity index (χ3n) is 5.11. The Kier molecular flexibility index (Phi) is 3.61. The summed E-state index contributed by atoms with van der Waals surface area (Å²) in [5.74, 6) is 0.143. The highest BCUT2D eigenvalue weighted by atomic mass is 19.4. The number of hydrogen-bond donors (Lipinski definition) is 0. The van der Waals surface area contributed by atoms with Crippen molar-refractivity contribution in [3.05, 3.63) is 28.8 Å². The SMILES string of the molecule is CC1CN(c2cc3c(c(C(F)(F)F)c2)CN(C(C)C)C3=O)C1C. The molecule has 0 saturated carbocycles. The van der Waals surface area contributed by atoms with Gasteiger partial charge < -0.3 is 9.80 Å². The van der Waals surface area contributed by atoms with Crippen LogP contribution in [0.2, 0.25) is 0 Å². The van der Waals surface area contributed by atoms with E-state index in [-0.39, 0.29) is 35.7 Å². The second kappa shape index (κ2) is 5.14. The van der Waals surface area contributed by atoms with E-state index in [0.29, 0.717) is 11.6 Å². The van der Waals surface area contributed by atoms with Crippen LogP contribution < -0.4 is 4.90 Å². The van der Waals surface area contributed by atoms with Gasteiger partial charge in [0.1, 0.15) is 0 Å². The van der Waals surface area contributed by atoms with Gasteiger partial charge in [-0.1, -0.05) is 6.92 Å². The number of hydrogen-bond acceptors (Lipinski definition) is 2. The van der Waals surface area contributed by atoms with Crippen LogP contribution in [0, 0.1) is 5.92 Å². The standard InChI is InChI=1S/C17H21F3N2O/c1-9(2)21-8-14-13(16(21)23)5-12(6-15(14)17(18,19)20)22-7-10(3)11(22)4/h5-6,9-11H,7-8H2,1-4H3. The maximum absolute atomic E-state index is 13.5. The predicted molar refractivity (Wildman–Crippen MR) is 82.4 cm³/mol. The van der Waals surface area contributed by atoms with Crippen LogP contribution in [0.25, 0.3) is 0 Å². The number of rotatable bonds is 2. The first-order valence-corrected chi connectivity index (χ1v) is 7.93. The minimum absolute atomic E-state index is 0.0346. The van der Waals surface area contributed by atoms with Crippen molar-refractivity contribution in [2.24, 2.45) is 5.92 Å². The summed E-state index contributed by atoms with van der Waals surface area (Å²) in [5.41, 5.74) is 0.144. The largest absolute Gasteiger partial charge is 0.416 e. The first kappa shape index (κ1) is 16.1. The number of carbonyl (C=O) groups excluding carboxylic acids is 1. The van der Waals surface area contributed by atoms with Crippen LogP contribution in [0.4, 0.5) is 18.9 Å². The maximum atomic E-state index is 13.5. The number of halogens is 3. The molecule has 23 heavy (non-hydrogen) atoms. The average Bonchev–Trinajstić information content (AvgIpc) is 2.80. The number of anilines is 1. The van der Waals surface area contributed by atoms with Gasteiger partial charge in [0.05, 0.1) is 5.56 Å². The Balaban J connectivity index is 2.09. The van der Waals surface area contributed by atoms with Crippen molar-refractivity contribution in [1.82, 2.24) is 4.90 Å². The summed E-state index contributed by atoms with van der Waals surface area (Å²) in [4.78, 5) is 15.9. The predicted octanol–water partition coefficient (Wildman–Crippen LogP) is 3.91. The lowest BCUT2D eigenvalue weighted by atomic mass is 9.90. The number of carbonyl (C=O) groups is 1. The van der Waals surface area contributed by atoms with Gasteiger partial charge in [-0.05, 0) is 44.4 Å². The summed E-state index contributed by atoms with van der Waals surface area (Å²) in [6, 6.07) is 2.91. The Morgan fingerprint density at radius 1 is 1.22 bits per heavy atom. The van der Waals surface area contributed by atoms with Crippen molar-refractivity contribution in [3.63, 3.8) is 0 Å². The second-order valence-electron chi connectivity index (χ2n) is 6.91. The van der Waals surface area contributed by atoms with Gasteiger partial charge in [0.2, 0.25) is 0 Å². The van der Waals surface area contributed by atoms with Gasteiger partial charge in [0, 0.05) is 36.4 Å². The summed E-state index contributed by atoms with van der Waals surface area (Å²) < 4.78 is 40.5. The van der Waals surface area contributed by atoms with Gasteiger partial charge in [0.25, 0.3) is 5.91 Å². The van der Waals surface area contributed by atoms with Gasteiger partial charge in [-0.3, -0.25) is 4.79 Å². The van der Waals surface area contributed by atoms with E-state index in [1.54, 1.807) is 6.07 Å². The summed E-state index contributed by atoms with van der Waals surface area (Å²) >= 11 is 0. The fourth-order valence-corrected chi connectivity index (χ4v) is 3.39. The molecule has 0 aromatic heterocycles. The van der Waals surface area contributed by atoms with Crippen LogP contribution in [0.5, 0.6) is 0 Å². The minimum atomic E-state index is -4.45. The third kappa shape index (κ3) is 2.48. The van der Waals surface area contributed by atoms with Gasteiger partial charge >= 0.3 is 6.18 Å². The van der Waals surface area contributed by atoms with Crippen molar-refractivity contribution in [2.75, 3.05) is 11.4 Å². The molecule has 1 saturated heterocycles. The molecule has 3 nitrogen and oxygen atoms in total. The lowest BCUT2D eigenvalue weighted by Gasteiger charge is -2.47. The van der Waals surface area contributed by atoms with Gasteiger partial charge in [-0.2, -0.15) is 13.2 Å². The molecule has 1 aromatic carbocycles. The van der Waals surface area contributed by atoms with E-state index in [9.17, 15) is 18.0 Å². The molecule has 2 atom stereocenters. The van der Waals surface area contributed by atoms with Crippen molar-refractivity contribution >= 4 is 11.6 Å². The second-order valence-corrected chi connectivity index (χ2v) is 6.91. The van der Waals surface area contributed by atoms with E-state index in [1.165, 1.54) is 11.0 Å². The summed E-state index contributed by atoms with van der Waals surface area (Å²) in [6.07, 6.45) is -4.45. The minimum Gasteiger partial charge on any atom is -0.368 e. The first-order valence-electron chi connectivity index (χ1n) is 7.93. The lowest BCUT2D eigenvalue weighted by Crippen LogP contribution is -2.53. The molecule has 1 aromatic rings. The molecule has 1 fully saturated rings. The normalized spacial score (nSPS) is 24.3. The van der Waals surface area contributed by atoms with E-state index < -0.39 is 11.7 Å². The van der Waals surface area contributed by atoms with E-state index in [4.69, 9.17) is 0 Å². The van der Waals surface area contributed by atoms with Gasteiger partial charge in [-0.15, -0.1) is 0 Å². The molecule has 3 rings (SSSR count). The molecular weight excluding hydrogens is 305 g/mol. The van der Waals surface area contributed by atoms with Crippen LogP contribution in [0.3, 0.4) is 0 Å². The molecule has 126 valence electrons. The highest BCUT2D eigenvalue weighted by Crippen LogP contribution is 2.42. The molecule has 0 aliphatic carbocycles. The Morgan fingerprint density at radius 2 is 1.87 bits per heavy atom.